The van der Waals surface area contributed by atoms with Crippen LogP contribution >= 0.6 is 11.8 Å². The first kappa shape index (κ1) is 19.7. The van der Waals surface area contributed by atoms with Gasteiger partial charge in [0.2, 0.25) is 5.91 Å². The van der Waals surface area contributed by atoms with Crippen LogP contribution in [0.3, 0.4) is 0 Å². The van der Waals surface area contributed by atoms with Crippen molar-refractivity contribution in [1.29, 1.82) is 0 Å². The molecular formula is C21H27N3O2S. The summed E-state index contributed by atoms with van der Waals surface area (Å²) < 4.78 is 1.68. The van der Waals surface area contributed by atoms with Crippen LogP contribution in [0.5, 0.6) is 0 Å². The van der Waals surface area contributed by atoms with E-state index < -0.39 is 0 Å². The van der Waals surface area contributed by atoms with E-state index in [4.69, 9.17) is 0 Å². The van der Waals surface area contributed by atoms with E-state index in [1.165, 1.54) is 18.4 Å². The van der Waals surface area contributed by atoms with E-state index in [1.807, 2.05) is 12.1 Å². The second-order valence-corrected chi connectivity index (χ2v) is 7.99. The molecule has 0 fully saturated rings. The zero-order chi connectivity index (χ0) is 19.2. The lowest BCUT2D eigenvalue weighted by Gasteiger charge is -2.14. The molecule has 1 aromatic heterocycles. The van der Waals surface area contributed by atoms with Gasteiger partial charge in [-0.1, -0.05) is 50.6 Å². The third-order valence-corrected chi connectivity index (χ3v) is 5.82. The number of anilines is 1. The Morgan fingerprint density at radius 3 is 2.70 bits per heavy atom. The highest BCUT2D eigenvalue weighted by atomic mass is 32.2. The molecule has 0 aliphatic carbocycles. The van der Waals surface area contributed by atoms with Crippen molar-refractivity contribution >= 4 is 23.4 Å². The van der Waals surface area contributed by atoms with Crippen LogP contribution in [0.2, 0.25) is 0 Å². The Hall–Kier alpha value is -2.08. The summed E-state index contributed by atoms with van der Waals surface area (Å²) in [6.07, 6.45) is 5.47. The molecule has 1 atom stereocenters. The first-order chi connectivity index (χ1) is 13.1. The summed E-state index contributed by atoms with van der Waals surface area (Å²) in [7, 11) is 0. The predicted octanol–water partition coefficient (Wildman–Crippen LogP) is 4.21. The third-order valence-electron chi connectivity index (χ3n) is 4.73. The predicted molar refractivity (Wildman–Crippen MR) is 111 cm³/mol. The summed E-state index contributed by atoms with van der Waals surface area (Å²) in [5, 5.41) is 3.69. The molecule has 0 radical (unpaired) electrons. The average Bonchev–Trinajstić information content (AvgIpc) is 3.04. The quantitative estimate of drug-likeness (QED) is 0.691. The van der Waals surface area contributed by atoms with Gasteiger partial charge in [-0.25, -0.2) is 4.98 Å². The normalized spacial score (nSPS) is 15.6. The highest BCUT2D eigenvalue weighted by molar-refractivity contribution is 7.99. The van der Waals surface area contributed by atoms with Crippen LogP contribution in [-0.4, -0.2) is 21.2 Å². The number of fused-ring (bicyclic) bond motifs is 1. The number of nitrogens with zero attached hydrogens (tertiary/aromatic N) is 2. The molecule has 6 heteroatoms. The van der Waals surface area contributed by atoms with Gasteiger partial charge in [0.05, 0.1) is 6.04 Å². The number of carbonyl (C=O) groups is 1. The van der Waals surface area contributed by atoms with Crippen molar-refractivity contribution < 1.29 is 4.79 Å². The number of amides is 1. The molecule has 144 valence electrons. The van der Waals surface area contributed by atoms with Crippen LogP contribution in [0.25, 0.3) is 0 Å². The number of hydrogen-bond acceptors (Lipinski definition) is 4. The average molecular weight is 386 g/mol. The number of rotatable bonds is 8. The van der Waals surface area contributed by atoms with Crippen molar-refractivity contribution in [3.63, 3.8) is 0 Å². The fourth-order valence-electron chi connectivity index (χ4n) is 3.29. The summed E-state index contributed by atoms with van der Waals surface area (Å²) in [5.41, 5.74) is 2.88. The largest absolute Gasteiger partial charge is 0.326 e. The SMILES string of the molecule is CCCCc1ccc(NC(=O)CC2CSc3nc(CCC)cc(=O)n32)cc1. The van der Waals surface area contributed by atoms with E-state index in [2.05, 4.69) is 36.3 Å². The van der Waals surface area contributed by atoms with Gasteiger partial charge in [0, 0.05) is 29.6 Å². The standard InChI is InChI=1S/C21H27N3O2S/c1-3-5-7-15-8-10-16(11-9-15)22-19(25)13-18-14-27-21-23-17(6-4-2)12-20(26)24(18)21/h8-12,18H,3-7,13-14H2,1-2H3,(H,22,25). The summed E-state index contributed by atoms with van der Waals surface area (Å²) in [4.78, 5) is 29.5. The number of carbonyl (C=O) groups excluding carboxylic acids is 1. The van der Waals surface area contributed by atoms with Crippen molar-refractivity contribution in [2.24, 2.45) is 0 Å². The van der Waals surface area contributed by atoms with E-state index in [-0.39, 0.29) is 23.9 Å². The molecule has 0 saturated carbocycles. The van der Waals surface area contributed by atoms with Crippen molar-refractivity contribution in [3.05, 3.63) is 51.9 Å². The van der Waals surface area contributed by atoms with Gasteiger partial charge in [-0.05, 0) is 37.0 Å². The van der Waals surface area contributed by atoms with Gasteiger partial charge in [0.25, 0.3) is 5.56 Å². The fourth-order valence-corrected chi connectivity index (χ4v) is 4.46. The molecule has 27 heavy (non-hydrogen) atoms. The highest BCUT2D eigenvalue weighted by Gasteiger charge is 2.27. The minimum atomic E-state index is -0.135. The van der Waals surface area contributed by atoms with E-state index in [0.717, 1.165) is 35.8 Å². The summed E-state index contributed by atoms with van der Waals surface area (Å²) in [6.45, 7) is 4.25. The Morgan fingerprint density at radius 1 is 1.22 bits per heavy atom. The molecule has 1 aliphatic heterocycles. The Balaban J connectivity index is 1.62. The monoisotopic (exact) mass is 385 g/mol. The van der Waals surface area contributed by atoms with Crippen molar-refractivity contribution in [3.8, 4) is 0 Å². The molecule has 1 aromatic carbocycles. The third kappa shape index (κ3) is 5.01. The first-order valence-electron chi connectivity index (χ1n) is 9.74. The van der Waals surface area contributed by atoms with Gasteiger partial charge in [-0.2, -0.15) is 0 Å². The van der Waals surface area contributed by atoms with Gasteiger partial charge < -0.3 is 5.32 Å². The second kappa shape index (κ2) is 9.22. The van der Waals surface area contributed by atoms with Crippen LogP contribution in [0.4, 0.5) is 5.69 Å². The van der Waals surface area contributed by atoms with Crippen molar-refractivity contribution in [2.45, 2.75) is 63.6 Å². The Bertz CT molecular complexity index is 845. The van der Waals surface area contributed by atoms with Crippen molar-refractivity contribution in [2.75, 3.05) is 11.1 Å². The van der Waals surface area contributed by atoms with Crippen LogP contribution in [0.1, 0.15) is 56.8 Å². The topological polar surface area (TPSA) is 64.0 Å². The molecule has 3 rings (SSSR count). The highest BCUT2D eigenvalue weighted by Crippen LogP contribution is 2.32. The van der Waals surface area contributed by atoms with E-state index >= 15 is 0 Å². The number of aryl methyl sites for hydroxylation is 2. The lowest BCUT2D eigenvalue weighted by molar-refractivity contribution is -0.116. The van der Waals surface area contributed by atoms with E-state index in [1.54, 1.807) is 22.4 Å². The van der Waals surface area contributed by atoms with Gasteiger partial charge in [-0.3, -0.25) is 14.2 Å². The Labute approximate surface area is 164 Å². The maximum atomic E-state index is 12.5. The molecule has 1 unspecified atom stereocenters. The molecule has 0 saturated heterocycles. The molecule has 2 aromatic rings. The maximum Gasteiger partial charge on any atom is 0.254 e. The van der Waals surface area contributed by atoms with Crippen molar-refractivity contribution in [1.82, 2.24) is 9.55 Å². The molecule has 1 N–H and O–H groups in total. The minimum Gasteiger partial charge on any atom is -0.326 e. The zero-order valence-corrected chi connectivity index (χ0v) is 16.8. The van der Waals surface area contributed by atoms with Crippen LogP contribution < -0.4 is 10.9 Å². The zero-order valence-electron chi connectivity index (χ0n) is 16.0. The minimum absolute atomic E-state index is 0.0495. The van der Waals surface area contributed by atoms with Gasteiger partial charge in [0.1, 0.15) is 0 Å². The molecule has 2 heterocycles. The first-order valence-corrected chi connectivity index (χ1v) is 10.7. The van der Waals surface area contributed by atoms with Crippen LogP contribution in [-0.2, 0) is 17.6 Å². The van der Waals surface area contributed by atoms with E-state index in [9.17, 15) is 9.59 Å². The number of unbranched alkanes of at least 4 members (excludes halogenated alkanes) is 1. The lowest BCUT2D eigenvalue weighted by atomic mass is 10.1. The van der Waals surface area contributed by atoms with Crippen LogP contribution in [0, 0.1) is 0 Å². The molecule has 1 amide bonds. The van der Waals surface area contributed by atoms with Gasteiger partial charge in [0.15, 0.2) is 5.16 Å². The van der Waals surface area contributed by atoms with Gasteiger partial charge in [-0.15, -0.1) is 0 Å². The molecular weight excluding hydrogens is 358 g/mol. The number of aromatic nitrogens is 2. The Morgan fingerprint density at radius 2 is 2.00 bits per heavy atom. The second-order valence-electron chi connectivity index (χ2n) is 7.01. The Kier molecular flexibility index (Phi) is 6.72. The smallest absolute Gasteiger partial charge is 0.254 e. The van der Waals surface area contributed by atoms with E-state index in [0.29, 0.717) is 5.75 Å². The number of nitrogens with one attached hydrogen (secondary N) is 1. The summed E-state index contributed by atoms with van der Waals surface area (Å²) in [6, 6.07) is 9.50. The number of hydrogen-bond donors (Lipinski definition) is 1. The lowest BCUT2D eigenvalue weighted by Crippen LogP contribution is -2.27. The molecule has 1 aliphatic rings. The fraction of sp³-hybridized carbons (Fsp3) is 0.476. The summed E-state index contributed by atoms with van der Waals surface area (Å²) in [5.74, 6) is 0.639. The number of benzene rings is 1. The molecule has 5 nitrogen and oxygen atoms in total. The maximum absolute atomic E-state index is 12.5. The van der Waals surface area contributed by atoms with Gasteiger partial charge >= 0.3 is 0 Å². The van der Waals surface area contributed by atoms with Crippen LogP contribution in [0.15, 0.2) is 40.3 Å². The summed E-state index contributed by atoms with van der Waals surface area (Å²) >= 11 is 1.56. The molecule has 0 spiro atoms. The molecule has 0 bridgehead atoms. The number of thioether (sulfide) groups is 1.